The van der Waals surface area contributed by atoms with Crippen molar-refractivity contribution >= 4 is 23.6 Å². The quantitative estimate of drug-likeness (QED) is 0.883. The predicted octanol–water partition coefficient (Wildman–Crippen LogP) is 2.69. The maximum atomic E-state index is 12.2. The number of hydrogen-bond donors (Lipinski definition) is 1. The van der Waals surface area contributed by atoms with Crippen molar-refractivity contribution in [2.24, 2.45) is 0 Å². The fourth-order valence-electron chi connectivity index (χ4n) is 2.74. The molecule has 24 heavy (non-hydrogen) atoms. The second-order valence-corrected chi connectivity index (χ2v) is 5.48. The lowest BCUT2D eigenvalue weighted by Crippen LogP contribution is -2.49. The number of benzene rings is 2. The van der Waals surface area contributed by atoms with Gasteiger partial charge in [0, 0.05) is 7.05 Å². The highest BCUT2D eigenvalue weighted by Gasteiger charge is 2.26. The molecule has 1 aliphatic rings. The van der Waals surface area contributed by atoms with E-state index >= 15 is 0 Å². The van der Waals surface area contributed by atoms with Gasteiger partial charge in [-0.3, -0.25) is 4.79 Å². The van der Waals surface area contributed by atoms with E-state index in [1.54, 1.807) is 18.2 Å². The third kappa shape index (κ3) is 2.88. The van der Waals surface area contributed by atoms with E-state index in [1.807, 2.05) is 54.4 Å². The largest absolute Gasteiger partial charge is 0.465 e. The number of hydrogen-bond acceptors (Lipinski definition) is 4. The summed E-state index contributed by atoms with van der Waals surface area (Å²) in [7, 11) is 3.27. The van der Waals surface area contributed by atoms with Gasteiger partial charge in [-0.25, -0.2) is 4.79 Å². The van der Waals surface area contributed by atoms with E-state index in [0.29, 0.717) is 11.1 Å². The van der Waals surface area contributed by atoms with E-state index in [9.17, 15) is 9.59 Å². The molecule has 1 N–H and O–H groups in total. The average molecular weight is 322 g/mol. The zero-order valence-corrected chi connectivity index (χ0v) is 13.5. The lowest BCUT2D eigenvalue weighted by atomic mass is 10.1. The molecule has 0 spiro atoms. The molecule has 2 aromatic carbocycles. The van der Waals surface area contributed by atoms with Gasteiger partial charge in [-0.05, 0) is 29.8 Å². The first-order chi connectivity index (χ1) is 11.6. The molecule has 0 bridgehead atoms. The Morgan fingerprint density at radius 2 is 1.88 bits per heavy atom. The minimum atomic E-state index is -0.387. The van der Waals surface area contributed by atoms with Crippen molar-refractivity contribution in [3.05, 3.63) is 71.3 Å². The van der Waals surface area contributed by atoms with Gasteiger partial charge in [0.25, 0.3) is 5.91 Å². The normalized spacial score (nSPS) is 16.7. The van der Waals surface area contributed by atoms with E-state index in [1.165, 1.54) is 7.11 Å². The zero-order chi connectivity index (χ0) is 17.1. The molecule has 0 radical (unpaired) electrons. The summed E-state index contributed by atoms with van der Waals surface area (Å²) in [6, 6.07) is 14.6. The summed E-state index contributed by atoms with van der Waals surface area (Å²) in [5.74, 6) is -0.499. The zero-order valence-electron chi connectivity index (χ0n) is 13.5. The van der Waals surface area contributed by atoms with Crippen LogP contribution in [0.15, 0.2) is 54.6 Å². The highest BCUT2D eigenvalue weighted by atomic mass is 16.5. The summed E-state index contributed by atoms with van der Waals surface area (Å²) in [4.78, 5) is 26.0. The van der Waals surface area contributed by atoms with Crippen LogP contribution in [0.5, 0.6) is 0 Å². The van der Waals surface area contributed by atoms with E-state index < -0.39 is 0 Å². The van der Waals surface area contributed by atoms with E-state index in [2.05, 4.69) is 5.32 Å². The van der Waals surface area contributed by atoms with Crippen LogP contribution >= 0.6 is 0 Å². The van der Waals surface area contributed by atoms with Crippen LogP contribution in [0.4, 0.5) is 5.69 Å². The maximum Gasteiger partial charge on any atom is 0.338 e. The summed E-state index contributed by atoms with van der Waals surface area (Å²) < 4.78 is 4.80. The van der Waals surface area contributed by atoms with Crippen LogP contribution < -0.4 is 10.2 Å². The molecule has 122 valence electrons. The molecule has 3 rings (SSSR count). The van der Waals surface area contributed by atoms with E-state index in [0.717, 1.165) is 11.3 Å². The van der Waals surface area contributed by atoms with Crippen molar-refractivity contribution in [3.63, 3.8) is 0 Å². The van der Waals surface area contributed by atoms with Gasteiger partial charge in [0.1, 0.15) is 6.17 Å². The van der Waals surface area contributed by atoms with Gasteiger partial charge in [-0.2, -0.15) is 0 Å². The van der Waals surface area contributed by atoms with Crippen molar-refractivity contribution in [3.8, 4) is 0 Å². The molecular formula is C19H18N2O3. The first kappa shape index (κ1) is 15.8. The number of likely N-dealkylation sites (N-methyl/N-ethyl adjacent to an activating group) is 1. The van der Waals surface area contributed by atoms with Gasteiger partial charge in [-0.1, -0.05) is 36.4 Å². The number of nitrogens with one attached hydrogen (secondary N) is 1. The number of ether oxygens (including phenoxy) is 1. The number of methoxy groups -OCH3 is 1. The van der Waals surface area contributed by atoms with Crippen LogP contribution in [0.2, 0.25) is 0 Å². The minimum Gasteiger partial charge on any atom is -0.465 e. The topological polar surface area (TPSA) is 58.6 Å². The minimum absolute atomic E-state index is 0.111. The number of rotatable bonds is 3. The van der Waals surface area contributed by atoms with Crippen molar-refractivity contribution in [1.29, 1.82) is 0 Å². The Hall–Kier alpha value is -3.08. The van der Waals surface area contributed by atoms with Crippen molar-refractivity contribution < 1.29 is 14.3 Å². The van der Waals surface area contributed by atoms with Gasteiger partial charge in [0.05, 0.1) is 23.9 Å². The lowest BCUT2D eigenvalue weighted by molar-refractivity contribution is 0.0600. The van der Waals surface area contributed by atoms with Crippen LogP contribution in [0, 0.1) is 0 Å². The SMILES string of the molecule is COC(=O)c1ccccc1/C=C/C1NC(=O)c2ccccc2N1C. The predicted molar refractivity (Wildman–Crippen MR) is 92.9 cm³/mol. The molecule has 1 aliphatic heterocycles. The standard InChI is InChI=1S/C19H18N2O3/c1-21-16-10-6-5-9-15(16)18(22)20-17(21)12-11-13-7-3-4-8-14(13)19(23)24-2/h3-12,17H,1-2H3,(H,20,22)/b12-11+. The number of para-hydroxylation sites is 1. The molecule has 1 unspecified atom stereocenters. The Labute approximate surface area is 140 Å². The summed E-state index contributed by atoms with van der Waals surface area (Å²) >= 11 is 0. The Balaban J connectivity index is 1.89. The highest BCUT2D eigenvalue weighted by molar-refractivity contribution is 6.02. The van der Waals surface area contributed by atoms with Crippen molar-refractivity contribution in [2.45, 2.75) is 6.17 Å². The van der Waals surface area contributed by atoms with Crippen LogP contribution in [0.1, 0.15) is 26.3 Å². The summed E-state index contributed by atoms with van der Waals surface area (Å²) in [5, 5.41) is 2.94. The van der Waals surface area contributed by atoms with Gasteiger partial charge < -0.3 is 15.0 Å². The molecule has 0 fully saturated rings. The fraction of sp³-hybridized carbons (Fsp3) is 0.158. The van der Waals surface area contributed by atoms with Gasteiger partial charge >= 0.3 is 5.97 Å². The van der Waals surface area contributed by atoms with Crippen LogP contribution in [-0.2, 0) is 4.74 Å². The Kier molecular flexibility index (Phi) is 4.33. The summed E-state index contributed by atoms with van der Waals surface area (Å²) in [6.07, 6.45) is 3.38. The van der Waals surface area contributed by atoms with E-state index in [-0.39, 0.29) is 18.0 Å². The first-order valence-corrected chi connectivity index (χ1v) is 7.60. The third-order valence-electron chi connectivity index (χ3n) is 4.05. The molecule has 2 aromatic rings. The van der Waals surface area contributed by atoms with Crippen LogP contribution in [-0.4, -0.2) is 32.2 Å². The molecule has 1 heterocycles. The number of esters is 1. The summed E-state index contributed by atoms with van der Waals surface area (Å²) in [6.45, 7) is 0. The van der Waals surface area contributed by atoms with Gasteiger partial charge in [0.15, 0.2) is 0 Å². The number of nitrogens with zero attached hydrogens (tertiary/aromatic N) is 1. The Morgan fingerprint density at radius 1 is 1.17 bits per heavy atom. The maximum absolute atomic E-state index is 12.2. The summed E-state index contributed by atoms with van der Waals surface area (Å²) in [5.41, 5.74) is 2.75. The molecule has 5 heteroatoms. The smallest absolute Gasteiger partial charge is 0.338 e. The number of amides is 1. The monoisotopic (exact) mass is 322 g/mol. The second-order valence-electron chi connectivity index (χ2n) is 5.48. The molecule has 1 amide bonds. The number of carbonyl (C=O) groups excluding carboxylic acids is 2. The van der Waals surface area contributed by atoms with E-state index in [4.69, 9.17) is 4.74 Å². The molecule has 0 aromatic heterocycles. The lowest BCUT2D eigenvalue weighted by Gasteiger charge is -2.34. The van der Waals surface area contributed by atoms with Crippen LogP contribution in [0.3, 0.4) is 0 Å². The molecule has 0 saturated carbocycles. The Morgan fingerprint density at radius 3 is 2.67 bits per heavy atom. The number of anilines is 1. The first-order valence-electron chi connectivity index (χ1n) is 7.60. The molecule has 5 nitrogen and oxygen atoms in total. The molecule has 0 saturated heterocycles. The average Bonchev–Trinajstić information content (AvgIpc) is 2.63. The third-order valence-corrected chi connectivity index (χ3v) is 4.05. The second kappa shape index (κ2) is 6.58. The van der Waals surface area contributed by atoms with Gasteiger partial charge in [-0.15, -0.1) is 0 Å². The van der Waals surface area contributed by atoms with Crippen molar-refractivity contribution in [2.75, 3.05) is 19.1 Å². The van der Waals surface area contributed by atoms with Crippen LogP contribution in [0.25, 0.3) is 6.08 Å². The number of fused-ring (bicyclic) bond motifs is 1. The molecule has 0 aliphatic carbocycles. The fourth-order valence-corrected chi connectivity index (χ4v) is 2.74. The van der Waals surface area contributed by atoms with Crippen molar-refractivity contribution in [1.82, 2.24) is 5.32 Å². The number of carbonyl (C=O) groups is 2. The molecular weight excluding hydrogens is 304 g/mol. The van der Waals surface area contributed by atoms with Gasteiger partial charge in [0.2, 0.25) is 0 Å². The highest BCUT2D eigenvalue weighted by Crippen LogP contribution is 2.25. The molecule has 1 atom stereocenters. The Bertz CT molecular complexity index is 814.